The minimum Gasteiger partial charge on any atom is -0.378 e. The zero-order valence-corrected chi connectivity index (χ0v) is 12.5. The van der Waals surface area contributed by atoms with Crippen molar-refractivity contribution in [2.24, 2.45) is 0 Å². The molecule has 0 spiro atoms. The van der Waals surface area contributed by atoms with E-state index in [2.05, 4.69) is 19.2 Å². The van der Waals surface area contributed by atoms with E-state index in [1.807, 2.05) is 0 Å². The molecule has 0 aromatic rings. The summed E-state index contributed by atoms with van der Waals surface area (Å²) in [7, 11) is 0. The maximum absolute atomic E-state index is 5.75. The Bertz CT molecular complexity index is 178. The van der Waals surface area contributed by atoms with Gasteiger partial charge in [-0.1, -0.05) is 39.0 Å². The van der Waals surface area contributed by atoms with Crippen LogP contribution >= 0.6 is 0 Å². The molecule has 2 heteroatoms. The van der Waals surface area contributed by atoms with Gasteiger partial charge in [0, 0.05) is 12.6 Å². The summed E-state index contributed by atoms with van der Waals surface area (Å²) < 4.78 is 5.75. The molecule has 2 nitrogen and oxygen atoms in total. The minimum absolute atomic E-state index is 0.531. The Morgan fingerprint density at radius 2 is 2.00 bits per heavy atom. The van der Waals surface area contributed by atoms with Crippen molar-refractivity contribution in [3.63, 3.8) is 0 Å². The van der Waals surface area contributed by atoms with Crippen molar-refractivity contribution >= 4 is 0 Å². The fourth-order valence-electron chi connectivity index (χ4n) is 2.68. The van der Waals surface area contributed by atoms with Gasteiger partial charge in [-0.25, -0.2) is 0 Å². The third kappa shape index (κ3) is 8.10. The molecule has 1 aliphatic rings. The van der Waals surface area contributed by atoms with Crippen LogP contribution < -0.4 is 5.32 Å². The Kier molecular flexibility index (Phi) is 9.59. The van der Waals surface area contributed by atoms with Crippen molar-refractivity contribution in [1.29, 1.82) is 0 Å². The number of unbranched alkanes of at least 4 members (excludes halogenated alkanes) is 4. The van der Waals surface area contributed by atoms with E-state index in [1.54, 1.807) is 0 Å². The second kappa shape index (κ2) is 10.8. The van der Waals surface area contributed by atoms with Gasteiger partial charge in [-0.3, -0.25) is 0 Å². The average molecular weight is 255 g/mol. The molecule has 0 bridgehead atoms. The molecule has 0 aromatic carbocycles. The molecule has 0 aromatic heterocycles. The van der Waals surface area contributed by atoms with Crippen LogP contribution in [0.2, 0.25) is 0 Å². The van der Waals surface area contributed by atoms with Crippen LogP contribution in [0, 0.1) is 0 Å². The van der Waals surface area contributed by atoms with Crippen molar-refractivity contribution < 1.29 is 4.74 Å². The van der Waals surface area contributed by atoms with Gasteiger partial charge in [0.05, 0.1) is 6.10 Å². The van der Waals surface area contributed by atoms with Crippen LogP contribution in [0.15, 0.2) is 0 Å². The standard InChI is InChI=1S/C16H33NO/c1-3-4-5-6-7-10-15(2)17-13-12-16-11-8-9-14-18-16/h15-17H,3-14H2,1-2H3. The first-order valence-corrected chi connectivity index (χ1v) is 8.18. The molecule has 1 N–H and O–H groups in total. The topological polar surface area (TPSA) is 21.3 Å². The lowest BCUT2D eigenvalue weighted by Crippen LogP contribution is -2.30. The maximum atomic E-state index is 5.75. The normalized spacial score (nSPS) is 22.0. The molecule has 108 valence electrons. The summed E-state index contributed by atoms with van der Waals surface area (Å²) in [4.78, 5) is 0. The lowest BCUT2D eigenvalue weighted by Gasteiger charge is -2.23. The highest BCUT2D eigenvalue weighted by atomic mass is 16.5. The Morgan fingerprint density at radius 1 is 1.17 bits per heavy atom. The van der Waals surface area contributed by atoms with Crippen LogP contribution in [-0.2, 0) is 4.74 Å². The summed E-state index contributed by atoms with van der Waals surface area (Å²) in [5.74, 6) is 0. The van der Waals surface area contributed by atoms with Gasteiger partial charge >= 0.3 is 0 Å². The van der Waals surface area contributed by atoms with Crippen molar-refractivity contribution in [2.75, 3.05) is 13.2 Å². The van der Waals surface area contributed by atoms with E-state index < -0.39 is 0 Å². The largest absolute Gasteiger partial charge is 0.378 e. The summed E-state index contributed by atoms with van der Waals surface area (Å²) in [5, 5.41) is 3.64. The average Bonchev–Trinajstić information content (AvgIpc) is 2.40. The molecule has 0 aliphatic carbocycles. The molecule has 0 saturated carbocycles. The van der Waals surface area contributed by atoms with E-state index in [-0.39, 0.29) is 0 Å². The first kappa shape index (κ1) is 16.0. The van der Waals surface area contributed by atoms with Crippen LogP contribution in [0.25, 0.3) is 0 Å². The van der Waals surface area contributed by atoms with Gasteiger partial charge in [0.1, 0.15) is 0 Å². The monoisotopic (exact) mass is 255 g/mol. The van der Waals surface area contributed by atoms with Gasteiger partial charge < -0.3 is 10.1 Å². The van der Waals surface area contributed by atoms with Crippen LogP contribution in [-0.4, -0.2) is 25.3 Å². The molecule has 2 unspecified atom stereocenters. The predicted octanol–water partition coefficient (Wildman–Crippen LogP) is 4.28. The fourth-order valence-corrected chi connectivity index (χ4v) is 2.68. The van der Waals surface area contributed by atoms with E-state index in [9.17, 15) is 0 Å². The highest BCUT2D eigenvalue weighted by molar-refractivity contribution is 4.67. The SMILES string of the molecule is CCCCCCCC(C)NCCC1CCCCO1. The summed E-state index contributed by atoms with van der Waals surface area (Å²) in [6.07, 6.45) is 13.9. The number of hydrogen-bond donors (Lipinski definition) is 1. The van der Waals surface area contributed by atoms with Gasteiger partial charge in [-0.15, -0.1) is 0 Å². The highest BCUT2D eigenvalue weighted by Gasteiger charge is 2.13. The molecule has 1 fully saturated rings. The second-order valence-electron chi connectivity index (χ2n) is 5.84. The van der Waals surface area contributed by atoms with E-state index in [0.29, 0.717) is 12.1 Å². The molecule has 1 rings (SSSR count). The molecule has 2 atom stereocenters. The molecular formula is C16H33NO. The third-order valence-electron chi connectivity index (χ3n) is 3.97. The summed E-state index contributed by atoms with van der Waals surface area (Å²) in [6.45, 7) is 6.71. The second-order valence-corrected chi connectivity index (χ2v) is 5.84. The summed E-state index contributed by atoms with van der Waals surface area (Å²) >= 11 is 0. The lowest BCUT2D eigenvalue weighted by atomic mass is 10.1. The van der Waals surface area contributed by atoms with Crippen molar-refractivity contribution in [1.82, 2.24) is 5.32 Å². The maximum Gasteiger partial charge on any atom is 0.0587 e. The Balaban J connectivity index is 1.88. The Morgan fingerprint density at radius 3 is 2.72 bits per heavy atom. The number of rotatable bonds is 10. The van der Waals surface area contributed by atoms with Gasteiger partial charge in [-0.2, -0.15) is 0 Å². The predicted molar refractivity (Wildman–Crippen MR) is 79.0 cm³/mol. The highest BCUT2D eigenvalue weighted by Crippen LogP contribution is 2.15. The Labute approximate surface area is 114 Å². The lowest BCUT2D eigenvalue weighted by molar-refractivity contribution is 0.0112. The molecule has 0 amide bonds. The van der Waals surface area contributed by atoms with Crippen LogP contribution in [0.3, 0.4) is 0 Å². The molecular weight excluding hydrogens is 222 g/mol. The quantitative estimate of drug-likeness (QED) is 0.588. The van der Waals surface area contributed by atoms with E-state index >= 15 is 0 Å². The van der Waals surface area contributed by atoms with E-state index in [4.69, 9.17) is 4.74 Å². The van der Waals surface area contributed by atoms with Gasteiger partial charge in [0.15, 0.2) is 0 Å². The number of nitrogens with one attached hydrogen (secondary N) is 1. The first-order valence-electron chi connectivity index (χ1n) is 8.18. The number of hydrogen-bond acceptors (Lipinski definition) is 2. The molecule has 1 saturated heterocycles. The van der Waals surface area contributed by atoms with Crippen LogP contribution in [0.4, 0.5) is 0 Å². The molecule has 1 aliphatic heterocycles. The molecule has 1 heterocycles. The number of ether oxygens (including phenoxy) is 1. The van der Waals surface area contributed by atoms with Gasteiger partial charge in [0.2, 0.25) is 0 Å². The van der Waals surface area contributed by atoms with Crippen LogP contribution in [0.5, 0.6) is 0 Å². The smallest absolute Gasteiger partial charge is 0.0587 e. The molecule has 0 radical (unpaired) electrons. The third-order valence-corrected chi connectivity index (χ3v) is 3.97. The van der Waals surface area contributed by atoms with Crippen molar-refractivity contribution in [3.05, 3.63) is 0 Å². The van der Waals surface area contributed by atoms with Crippen molar-refractivity contribution in [2.45, 2.75) is 90.2 Å². The van der Waals surface area contributed by atoms with Gasteiger partial charge in [0.25, 0.3) is 0 Å². The fraction of sp³-hybridized carbons (Fsp3) is 1.00. The summed E-state index contributed by atoms with van der Waals surface area (Å²) in [5.41, 5.74) is 0. The zero-order valence-electron chi connectivity index (χ0n) is 12.5. The van der Waals surface area contributed by atoms with Crippen LogP contribution in [0.1, 0.15) is 78.1 Å². The first-order chi connectivity index (χ1) is 8.83. The van der Waals surface area contributed by atoms with E-state index in [0.717, 1.165) is 13.2 Å². The van der Waals surface area contributed by atoms with E-state index in [1.165, 1.54) is 64.2 Å². The minimum atomic E-state index is 0.531. The Hall–Kier alpha value is -0.0800. The zero-order chi connectivity index (χ0) is 13.1. The van der Waals surface area contributed by atoms with Gasteiger partial charge in [-0.05, 0) is 45.6 Å². The summed E-state index contributed by atoms with van der Waals surface area (Å²) in [6, 6.07) is 0.676. The molecule has 18 heavy (non-hydrogen) atoms. The van der Waals surface area contributed by atoms with Crippen molar-refractivity contribution in [3.8, 4) is 0 Å².